The van der Waals surface area contributed by atoms with E-state index in [1.807, 2.05) is 36.1 Å². The molecule has 1 aliphatic heterocycles. The number of carbonyl (C=O) groups excluding carboxylic acids is 1. The van der Waals surface area contributed by atoms with E-state index in [9.17, 15) is 4.79 Å². The van der Waals surface area contributed by atoms with Crippen LogP contribution in [0.5, 0.6) is 5.75 Å². The van der Waals surface area contributed by atoms with Crippen LogP contribution in [0.15, 0.2) is 24.3 Å². The smallest absolute Gasteiger partial charge is 0.230 e. The maximum atomic E-state index is 12.4. The highest BCUT2D eigenvalue weighted by atomic mass is 16.5. The van der Waals surface area contributed by atoms with Crippen LogP contribution in [0, 0.1) is 5.92 Å². The summed E-state index contributed by atoms with van der Waals surface area (Å²) in [6, 6.07) is 7.68. The highest BCUT2D eigenvalue weighted by Gasteiger charge is 2.26. The minimum absolute atomic E-state index is 0.0136. The van der Waals surface area contributed by atoms with Gasteiger partial charge in [-0.3, -0.25) is 4.79 Å². The number of nitrogens with two attached hydrogens (primary N) is 1. The fourth-order valence-corrected chi connectivity index (χ4v) is 2.21. The summed E-state index contributed by atoms with van der Waals surface area (Å²) in [6.45, 7) is 3.79. The van der Waals surface area contributed by atoms with E-state index in [2.05, 4.69) is 0 Å². The third-order valence-electron chi connectivity index (χ3n) is 3.26. The predicted octanol–water partition coefficient (Wildman–Crippen LogP) is 1.79. The molecule has 1 atom stereocenters. The molecule has 1 amide bonds. The van der Waals surface area contributed by atoms with Crippen molar-refractivity contribution in [3.05, 3.63) is 24.3 Å². The molecule has 0 saturated carbocycles. The number of para-hydroxylation sites is 2. The van der Waals surface area contributed by atoms with Crippen LogP contribution >= 0.6 is 0 Å². The van der Waals surface area contributed by atoms with Crippen molar-refractivity contribution in [3.63, 3.8) is 0 Å². The number of hydrogen-bond donors (Lipinski definition) is 1. The molecular weight excluding hydrogens is 228 g/mol. The van der Waals surface area contributed by atoms with Gasteiger partial charge in [0.1, 0.15) is 12.4 Å². The molecule has 1 aromatic carbocycles. The largest absolute Gasteiger partial charge is 0.490 e. The van der Waals surface area contributed by atoms with E-state index in [4.69, 9.17) is 10.5 Å². The van der Waals surface area contributed by atoms with Crippen molar-refractivity contribution < 1.29 is 9.53 Å². The Hall–Kier alpha value is -1.55. The summed E-state index contributed by atoms with van der Waals surface area (Å²) < 4.78 is 5.55. The van der Waals surface area contributed by atoms with E-state index in [1.165, 1.54) is 0 Å². The van der Waals surface area contributed by atoms with Gasteiger partial charge in [-0.15, -0.1) is 0 Å². The topological polar surface area (TPSA) is 55.6 Å². The molecular formula is C14H20N2O2. The molecule has 0 bridgehead atoms. The lowest BCUT2D eigenvalue weighted by Gasteiger charge is -2.31. The highest BCUT2D eigenvalue weighted by Crippen LogP contribution is 2.32. The molecule has 2 N–H and O–H groups in total. The maximum absolute atomic E-state index is 12.4. The van der Waals surface area contributed by atoms with Crippen molar-refractivity contribution in [2.45, 2.75) is 19.8 Å². The maximum Gasteiger partial charge on any atom is 0.230 e. The summed E-state index contributed by atoms with van der Waals surface area (Å²) in [5.74, 6) is 0.974. The van der Waals surface area contributed by atoms with Gasteiger partial charge in [-0.05, 0) is 31.5 Å². The predicted molar refractivity (Wildman–Crippen MR) is 71.7 cm³/mol. The SMILES string of the molecule is CC(CCCN)C(=O)N1CCOc2ccccc21. The van der Waals surface area contributed by atoms with Gasteiger partial charge in [0, 0.05) is 5.92 Å². The van der Waals surface area contributed by atoms with Gasteiger partial charge in [-0.1, -0.05) is 19.1 Å². The Morgan fingerprint density at radius 1 is 1.50 bits per heavy atom. The Morgan fingerprint density at radius 2 is 2.28 bits per heavy atom. The van der Waals surface area contributed by atoms with Gasteiger partial charge in [0.15, 0.2) is 0 Å². The van der Waals surface area contributed by atoms with Crippen molar-refractivity contribution in [3.8, 4) is 5.75 Å². The van der Waals surface area contributed by atoms with Crippen LogP contribution in [0.3, 0.4) is 0 Å². The number of benzene rings is 1. The Bertz CT molecular complexity index is 420. The molecule has 0 radical (unpaired) electrons. The van der Waals surface area contributed by atoms with E-state index in [0.717, 1.165) is 24.3 Å². The quantitative estimate of drug-likeness (QED) is 0.883. The number of carbonyl (C=O) groups is 1. The summed E-state index contributed by atoms with van der Waals surface area (Å²) in [7, 11) is 0. The Balaban J connectivity index is 2.12. The average Bonchev–Trinajstić information content (AvgIpc) is 2.43. The summed E-state index contributed by atoms with van der Waals surface area (Å²) in [6.07, 6.45) is 1.73. The zero-order chi connectivity index (χ0) is 13.0. The van der Waals surface area contributed by atoms with Crippen LogP contribution in [0.4, 0.5) is 5.69 Å². The fraction of sp³-hybridized carbons (Fsp3) is 0.500. The molecule has 0 spiro atoms. The molecule has 1 heterocycles. The lowest BCUT2D eigenvalue weighted by molar-refractivity contribution is -0.122. The molecule has 4 heteroatoms. The third-order valence-corrected chi connectivity index (χ3v) is 3.26. The molecule has 1 aromatic rings. The molecule has 4 nitrogen and oxygen atoms in total. The van der Waals surface area contributed by atoms with Gasteiger partial charge in [-0.2, -0.15) is 0 Å². The van der Waals surface area contributed by atoms with Crippen LogP contribution in [-0.2, 0) is 4.79 Å². The summed E-state index contributed by atoms with van der Waals surface area (Å²) in [5, 5.41) is 0. The molecule has 98 valence electrons. The molecule has 0 fully saturated rings. The van der Waals surface area contributed by atoms with E-state index in [1.54, 1.807) is 0 Å². The molecule has 2 rings (SSSR count). The van der Waals surface area contributed by atoms with E-state index >= 15 is 0 Å². The molecule has 0 aromatic heterocycles. The zero-order valence-electron chi connectivity index (χ0n) is 10.8. The zero-order valence-corrected chi connectivity index (χ0v) is 10.8. The van der Waals surface area contributed by atoms with Gasteiger partial charge >= 0.3 is 0 Å². The standard InChI is InChI=1S/C14H20N2O2/c1-11(5-4-8-15)14(17)16-9-10-18-13-7-3-2-6-12(13)16/h2-3,6-7,11H,4-5,8-10,15H2,1H3. The summed E-state index contributed by atoms with van der Waals surface area (Å²) in [4.78, 5) is 14.2. The van der Waals surface area contributed by atoms with Crippen molar-refractivity contribution in [1.29, 1.82) is 0 Å². The van der Waals surface area contributed by atoms with E-state index in [-0.39, 0.29) is 11.8 Å². The molecule has 0 aliphatic carbocycles. The van der Waals surface area contributed by atoms with Gasteiger partial charge < -0.3 is 15.4 Å². The Morgan fingerprint density at radius 3 is 3.06 bits per heavy atom. The molecule has 1 unspecified atom stereocenters. The van der Waals surface area contributed by atoms with E-state index < -0.39 is 0 Å². The first-order chi connectivity index (χ1) is 8.74. The first-order valence-electron chi connectivity index (χ1n) is 6.47. The minimum Gasteiger partial charge on any atom is -0.490 e. The summed E-state index contributed by atoms with van der Waals surface area (Å²) in [5.41, 5.74) is 6.37. The van der Waals surface area contributed by atoms with Crippen LogP contribution in [0.2, 0.25) is 0 Å². The van der Waals surface area contributed by atoms with Crippen LogP contribution < -0.4 is 15.4 Å². The number of amides is 1. The number of rotatable bonds is 4. The highest BCUT2D eigenvalue weighted by molar-refractivity contribution is 5.96. The van der Waals surface area contributed by atoms with Crippen molar-refractivity contribution in [2.24, 2.45) is 11.7 Å². The summed E-state index contributed by atoms with van der Waals surface area (Å²) >= 11 is 0. The van der Waals surface area contributed by atoms with Gasteiger partial charge in [0.2, 0.25) is 5.91 Å². The average molecular weight is 248 g/mol. The number of hydrogen-bond acceptors (Lipinski definition) is 3. The van der Waals surface area contributed by atoms with E-state index in [0.29, 0.717) is 19.7 Å². The first-order valence-corrected chi connectivity index (χ1v) is 6.47. The van der Waals surface area contributed by atoms with Crippen LogP contribution in [0.1, 0.15) is 19.8 Å². The first kappa shape index (κ1) is 12.9. The second kappa shape index (κ2) is 5.87. The van der Waals surface area contributed by atoms with Gasteiger partial charge in [0.25, 0.3) is 0 Å². The van der Waals surface area contributed by atoms with Gasteiger partial charge in [0.05, 0.1) is 12.2 Å². The minimum atomic E-state index is 0.0136. The fourth-order valence-electron chi connectivity index (χ4n) is 2.21. The van der Waals surface area contributed by atoms with Crippen LogP contribution in [-0.4, -0.2) is 25.6 Å². The number of nitrogens with zero attached hydrogens (tertiary/aromatic N) is 1. The van der Waals surface area contributed by atoms with Crippen LogP contribution in [0.25, 0.3) is 0 Å². The third kappa shape index (κ3) is 2.64. The van der Waals surface area contributed by atoms with Crippen molar-refractivity contribution in [1.82, 2.24) is 0 Å². The monoisotopic (exact) mass is 248 g/mol. The van der Waals surface area contributed by atoms with Crippen molar-refractivity contribution in [2.75, 3.05) is 24.6 Å². The lowest BCUT2D eigenvalue weighted by Crippen LogP contribution is -2.41. The molecule has 1 aliphatic rings. The van der Waals surface area contributed by atoms with Gasteiger partial charge in [-0.25, -0.2) is 0 Å². The normalized spacial score (nSPS) is 15.8. The van der Waals surface area contributed by atoms with Crippen molar-refractivity contribution >= 4 is 11.6 Å². The number of ether oxygens (including phenoxy) is 1. The Labute approximate surface area is 108 Å². The Kier molecular flexibility index (Phi) is 4.20. The lowest BCUT2D eigenvalue weighted by atomic mass is 10.0. The molecule has 18 heavy (non-hydrogen) atoms. The number of anilines is 1. The number of fused-ring (bicyclic) bond motifs is 1. The second-order valence-corrected chi connectivity index (χ2v) is 4.64. The molecule has 0 saturated heterocycles. The second-order valence-electron chi connectivity index (χ2n) is 4.64.